The monoisotopic (exact) mass is 429 g/mol. The number of benzene rings is 1. The van der Waals surface area contributed by atoms with Crippen molar-refractivity contribution in [1.29, 1.82) is 0 Å². The fourth-order valence-electron chi connectivity index (χ4n) is 3.64. The standard InChI is InChI=1S/C22H27N3O6/c1-14-5-4-6-15(2)25(14)21(27)13-29-18-9-7-17(8-10-18)22(28)30-12-20(26)23-19-11-16(3)31-24-19/h7-11,14-15H,4-6,12-13H2,1-3H3,(H,23,24,26). The predicted molar refractivity (Wildman–Crippen MR) is 112 cm³/mol. The number of nitrogens with zero attached hydrogens (tertiary/aromatic N) is 2. The molecule has 9 nitrogen and oxygen atoms in total. The van der Waals surface area contributed by atoms with Gasteiger partial charge >= 0.3 is 5.97 Å². The first kappa shape index (κ1) is 22.3. The third-order valence-electron chi connectivity index (χ3n) is 5.16. The molecule has 1 N–H and O–H groups in total. The van der Waals surface area contributed by atoms with Crippen molar-refractivity contribution in [2.75, 3.05) is 18.5 Å². The second-order valence-corrected chi connectivity index (χ2v) is 7.69. The Morgan fingerprint density at radius 2 is 1.81 bits per heavy atom. The van der Waals surface area contributed by atoms with Crippen LogP contribution in [0.5, 0.6) is 5.75 Å². The van der Waals surface area contributed by atoms with Crippen molar-refractivity contribution in [2.24, 2.45) is 0 Å². The second-order valence-electron chi connectivity index (χ2n) is 7.69. The molecule has 0 radical (unpaired) electrons. The fraction of sp³-hybridized carbons (Fsp3) is 0.455. The number of carbonyl (C=O) groups is 3. The van der Waals surface area contributed by atoms with E-state index in [-0.39, 0.29) is 36.0 Å². The molecule has 1 aromatic heterocycles. The molecule has 3 rings (SSSR count). The molecule has 1 aliphatic rings. The fourth-order valence-corrected chi connectivity index (χ4v) is 3.64. The normalized spacial score (nSPS) is 18.4. The van der Waals surface area contributed by atoms with Gasteiger partial charge in [-0.1, -0.05) is 5.16 Å². The first-order valence-electron chi connectivity index (χ1n) is 10.3. The lowest BCUT2D eigenvalue weighted by atomic mass is 9.97. The van der Waals surface area contributed by atoms with Gasteiger partial charge in [0.15, 0.2) is 19.0 Å². The number of nitrogens with one attached hydrogen (secondary N) is 1. The number of amides is 2. The van der Waals surface area contributed by atoms with Crippen LogP contribution < -0.4 is 10.1 Å². The summed E-state index contributed by atoms with van der Waals surface area (Å²) in [4.78, 5) is 38.4. The number of rotatable bonds is 7. The van der Waals surface area contributed by atoms with Gasteiger partial charge in [-0.25, -0.2) is 4.79 Å². The molecule has 1 aliphatic heterocycles. The van der Waals surface area contributed by atoms with Crippen LogP contribution in [0.4, 0.5) is 5.82 Å². The van der Waals surface area contributed by atoms with Crippen LogP contribution in [0, 0.1) is 6.92 Å². The number of esters is 1. The van der Waals surface area contributed by atoms with Crippen LogP contribution in [0.2, 0.25) is 0 Å². The molecule has 1 aromatic carbocycles. The maximum atomic E-state index is 12.5. The van der Waals surface area contributed by atoms with E-state index in [2.05, 4.69) is 24.3 Å². The number of aryl methyl sites for hydroxylation is 1. The van der Waals surface area contributed by atoms with Crippen LogP contribution in [-0.4, -0.2) is 53.1 Å². The molecule has 2 heterocycles. The van der Waals surface area contributed by atoms with Gasteiger partial charge in [-0.05, 0) is 64.3 Å². The third-order valence-corrected chi connectivity index (χ3v) is 5.16. The third kappa shape index (κ3) is 6.07. The molecule has 166 valence electrons. The summed E-state index contributed by atoms with van der Waals surface area (Å²) in [5.74, 6) is 0.0587. The summed E-state index contributed by atoms with van der Waals surface area (Å²) in [6.45, 7) is 5.30. The highest BCUT2D eigenvalue weighted by Crippen LogP contribution is 2.23. The Kier molecular flexibility index (Phi) is 7.28. The van der Waals surface area contributed by atoms with E-state index in [9.17, 15) is 14.4 Å². The quantitative estimate of drug-likeness (QED) is 0.674. The topological polar surface area (TPSA) is 111 Å². The number of likely N-dealkylation sites (tertiary alicyclic amines) is 1. The average Bonchev–Trinajstić information content (AvgIpc) is 3.15. The summed E-state index contributed by atoms with van der Waals surface area (Å²) in [6, 6.07) is 8.19. The van der Waals surface area contributed by atoms with Crippen molar-refractivity contribution >= 4 is 23.6 Å². The van der Waals surface area contributed by atoms with Crippen molar-refractivity contribution in [1.82, 2.24) is 10.1 Å². The van der Waals surface area contributed by atoms with Gasteiger partial charge in [0.2, 0.25) is 0 Å². The molecular weight excluding hydrogens is 402 g/mol. The summed E-state index contributed by atoms with van der Waals surface area (Å²) < 4.78 is 15.4. The van der Waals surface area contributed by atoms with E-state index >= 15 is 0 Å². The molecule has 0 bridgehead atoms. The van der Waals surface area contributed by atoms with Gasteiger partial charge < -0.3 is 24.2 Å². The van der Waals surface area contributed by atoms with E-state index in [0.717, 1.165) is 19.3 Å². The van der Waals surface area contributed by atoms with Crippen molar-refractivity contribution in [3.63, 3.8) is 0 Å². The van der Waals surface area contributed by atoms with Gasteiger partial charge in [0.25, 0.3) is 11.8 Å². The minimum absolute atomic E-state index is 0.0449. The van der Waals surface area contributed by atoms with Gasteiger partial charge in [-0.15, -0.1) is 0 Å². The minimum atomic E-state index is -0.648. The second kappa shape index (κ2) is 10.1. The Balaban J connectivity index is 1.45. The molecule has 31 heavy (non-hydrogen) atoms. The van der Waals surface area contributed by atoms with Gasteiger partial charge in [0.1, 0.15) is 11.5 Å². The number of carbonyl (C=O) groups excluding carboxylic acids is 3. The first-order valence-corrected chi connectivity index (χ1v) is 10.3. The number of piperidine rings is 1. The van der Waals surface area contributed by atoms with Crippen LogP contribution in [-0.2, 0) is 14.3 Å². The molecule has 0 aliphatic carbocycles. The van der Waals surface area contributed by atoms with Crippen molar-refractivity contribution in [3.05, 3.63) is 41.7 Å². The van der Waals surface area contributed by atoms with Crippen molar-refractivity contribution in [3.8, 4) is 5.75 Å². The molecule has 2 unspecified atom stereocenters. The lowest BCUT2D eigenvalue weighted by Gasteiger charge is -2.38. The molecule has 1 saturated heterocycles. The van der Waals surface area contributed by atoms with E-state index in [1.807, 2.05) is 4.90 Å². The minimum Gasteiger partial charge on any atom is -0.484 e. The summed E-state index contributed by atoms with van der Waals surface area (Å²) in [7, 11) is 0. The van der Waals surface area contributed by atoms with Gasteiger partial charge in [-0.2, -0.15) is 0 Å². The number of hydrogen-bond acceptors (Lipinski definition) is 7. The maximum Gasteiger partial charge on any atom is 0.338 e. The smallest absolute Gasteiger partial charge is 0.338 e. The molecule has 0 saturated carbocycles. The van der Waals surface area contributed by atoms with E-state index in [1.165, 1.54) is 12.1 Å². The zero-order chi connectivity index (χ0) is 22.4. The SMILES string of the molecule is Cc1cc(NC(=O)COC(=O)c2ccc(OCC(=O)N3C(C)CCCC3C)cc2)no1. The highest BCUT2D eigenvalue weighted by molar-refractivity contribution is 5.95. The van der Waals surface area contributed by atoms with Crippen molar-refractivity contribution in [2.45, 2.75) is 52.1 Å². The van der Waals surface area contributed by atoms with Crippen LogP contribution in [0.25, 0.3) is 0 Å². The van der Waals surface area contributed by atoms with Crippen molar-refractivity contribution < 1.29 is 28.4 Å². The summed E-state index contributed by atoms with van der Waals surface area (Å²) >= 11 is 0. The Hall–Kier alpha value is -3.36. The number of aromatic nitrogens is 1. The lowest BCUT2D eigenvalue weighted by Crippen LogP contribution is -2.49. The van der Waals surface area contributed by atoms with E-state index < -0.39 is 18.5 Å². The summed E-state index contributed by atoms with van der Waals surface area (Å²) in [5, 5.41) is 6.09. The highest BCUT2D eigenvalue weighted by Gasteiger charge is 2.29. The molecule has 2 amide bonds. The lowest BCUT2D eigenvalue weighted by molar-refractivity contribution is -0.139. The molecule has 2 atom stereocenters. The summed E-state index contributed by atoms with van der Waals surface area (Å²) in [6.07, 6.45) is 3.14. The van der Waals surface area contributed by atoms with E-state index in [0.29, 0.717) is 11.5 Å². The molecule has 9 heteroatoms. The van der Waals surface area contributed by atoms with E-state index in [1.54, 1.807) is 25.1 Å². The molecule has 0 spiro atoms. The predicted octanol–water partition coefficient (Wildman–Crippen LogP) is 2.95. The number of ether oxygens (including phenoxy) is 2. The Morgan fingerprint density at radius 3 is 2.42 bits per heavy atom. The van der Waals surface area contributed by atoms with Gasteiger partial charge in [0.05, 0.1) is 5.56 Å². The van der Waals surface area contributed by atoms with Gasteiger partial charge in [0, 0.05) is 18.2 Å². The van der Waals surface area contributed by atoms with Gasteiger partial charge in [-0.3, -0.25) is 9.59 Å². The zero-order valence-electron chi connectivity index (χ0n) is 17.9. The first-order chi connectivity index (χ1) is 14.8. The van der Waals surface area contributed by atoms with Crippen LogP contribution in [0.3, 0.4) is 0 Å². The Bertz CT molecular complexity index is 914. The Morgan fingerprint density at radius 1 is 1.13 bits per heavy atom. The largest absolute Gasteiger partial charge is 0.484 e. The highest BCUT2D eigenvalue weighted by atomic mass is 16.5. The van der Waals surface area contributed by atoms with Crippen LogP contribution in [0.1, 0.15) is 49.2 Å². The van der Waals surface area contributed by atoms with Crippen LogP contribution >= 0.6 is 0 Å². The molecular formula is C22H27N3O6. The zero-order valence-corrected chi connectivity index (χ0v) is 17.9. The number of anilines is 1. The maximum absolute atomic E-state index is 12.5. The Labute approximate surface area is 180 Å². The average molecular weight is 429 g/mol. The summed E-state index contributed by atoms with van der Waals surface area (Å²) in [5.41, 5.74) is 0.266. The van der Waals surface area contributed by atoms with E-state index in [4.69, 9.17) is 14.0 Å². The molecule has 2 aromatic rings. The number of hydrogen-bond donors (Lipinski definition) is 1. The van der Waals surface area contributed by atoms with Crippen LogP contribution in [0.15, 0.2) is 34.9 Å². The molecule has 1 fully saturated rings.